The molecule has 0 bridgehead atoms. The van der Waals surface area contributed by atoms with Crippen molar-refractivity contribution in [2.45, 2.75) is 19.0 Å². The normalized spacial score (nSPS) is 20.9. The number of likely N-dealkylation sites (tertiary alicyclic amines) is 1. The maximum absolute atomic E-state index is 12.7. The van der Waals surface area contributed by atoms with Crippen LogP contribution in [0.15, 0.2) is 24.3 Å². The Morgan fingerprint density at radius 1 is 1.00 bits per heavy atom. The number of ether oxygens (including phenoxy) is 1. The molecule has 1 aromatic rings. The van der Waals surface area contributed by atoms with E-state index in [0.29, 0.717) is 5.75 Å². The van der Waals surface area contributed by atoms with E-state index >= 15 is 0 Å². The molecule has 0 radical (unpaired) electrons. The third-order valence-corrected chi connectivity index (χ3v) is 5.23. The summed E-state index contributed by atoms with van der Waals surface area (Å²) in [4.78, 5) is 14.2. The van der Waals surface area contributed by atoms with Crippen molar-refractivity contribution in [2.75, 3.05) is 32.8 Å². The van der Waals surface area contributed by atoms with Gasteiger partial charge in [-0.25, -0.2) is 0 Å². The molecule has 1 fully saturated rings. The quantitative estimate of drug-likeness (QED) is 0.525. The van der Waals surface area contributed by atoms with Crippen LogP contribution in [-0.2, 0) is 39.9 Å². The van der Waals surface area contributed by atoms with Crippen LogP contribution in [0.2, 0.25) is 0 Å². The van der Waals surface area contributed by atoms with E-state index in [1.165, 1.54) is 4.90 Å². The topological polar surface area (TPSA) is 116 Å². The lowest BCUT2D eigenvalue weighted by atomic mass is 10.1. The van der Waals surface area contributed by atoms with E-state index in [2.05, 4.69) is 0 Å². The highest BCUT2D eigenvalue weighted by Gasteiger charge is 2.40. The van der Waals surface area contributed by atoms with Crippen molar-refractivity contribution in [1.82, 2.24) is 4.90 Å². The summed E-state index contributed by atoms with van der Waals surface area (Å²) in [5, 5.41) is 0. The van der Waals surface area contributed by atoms with Crippen LogP contribution in [0.4, 0.5) is 0 Å². The van der Waals surface area contributed by atoms with Gasteiger partial charge < -0.3 is 9.64 Å². The number of nitrogens with zero attached hydrogens (tertiary/aromatic N) is 1. The monoisotopic (exact) mass is 421 g/mol. The van der Waals surface area contributed by atoms with Gasteiger partial charge in [0.1, 0.15) is 5.75 Å². The molecule has 152 valence electrons. The van der Waals surface area contributed by atoms with Gasteiger partial charge in [0, 0.05) is 6.54 Å². The minimum atomic E-state index is -3.68. The molecule has 0 aliphatic carbocycles. The zero-order valence-electron chi connectivity index (χ0n) is 15.3. The Hall–Kier alpha value is -1.69. The van der Waals surface area contributed by atoms with Crippen LogP contribution in [0.3, 0.4) is 0 Å². The average molecular weight is 421 g/mol. The molecular weight excluding hydrogens is 398 g/mol. The van der Waals surface area contributed by atoms with Gasteiger partial charge in [-0.2, -0.15) is 16.8 Å². The molecule has 1 aromatic carbocycles. The Labute approximate surface area is 159 Å². The molecule has 2 rings (SSSR count). The molecule has 1 saturated heterocycles. The van der Waals surface area contributed by atoms with Gasteiger partial charge in [0.15, 0.2) is 0 Å². The number of amides is 1. The number of hydrogen-bond acceptors (Lipinski definition) is 8. The summed E-state index contributed by atoms with van der Waals surface area (Å²) < 4.78 is 59.7. The number of carbonyl (C=O) groups excluding carboxylic acids is 1. The highest BCUT2D eigenvalue weighted by Crippen LogP contribution is 2.28. The van der Waals surface area contributed by atoms with Crippen molar-refractivity contribution in [2.24, 2.45) is 5.92 Å². The number of hydrogen-bond donors (Lipinski definition) is 0. The van der Waals surface area contributed by atoms with E-state index < -0.39 is 32.2 Å². The second-order valence-corrected chi connectivity index (χ2v) is 9.67. The van der Waals surface area contributed by atoms with E-state index in [0.717, 1.165) is 18.1 Å². The van der Waals surface area contributed by atoms with Crippen molar-refractivity contribution < 1.29 is 34.7 Å². The lowest BCUT2D eigenvalue weighted by Crippen LogP contribution is -2.37. The molecule has 9 nitrogen and oxygen atoms in total. The lowest BCUT2D eigenvalue weighted by molar-refractivity contribution is -0.133. The maximum Gasteiger partial charge on any atom is 0.264 e. The Morgan fingerprint density at radius 3 is 2.07 bits per heavy atom. The van der Waals surface area contributed by atoms with Crippen LogP contribution in [0.5, 0.6) is 5.75 Å². The predicted octanol–water partition coefficient (Wildman–Crippen LogP) is 0.365. The van der Waals surface area contributed by atoms with Crippen LogP contribution in [0.1, 0.15) is 12.0 Å². The van der Waals surface area contributed by atoms with Gasteiger partial charge in [-0.05, 0) is 24.1 Å². The van der Waals surface area contributed by atoms with E-state index in [-0.39, 0.29) is 32.1 Å². The summed E-state index contributed by atoms with van der Waals surface area (Å²) in [6, 6.07) is 6.58. The molecule has 0 aromatic heterocycles. The Balaban J connectivity index is 2.15. The smallest absolute Gasteiger partial charge is 0.264 e. The van der Waals surface area contributed by atoms with Gasteiger partial charge in [-0.3, -0.25) is 13.2 Å². The van der Waals surface area contributed by atoms with E-state index in [9.17, 15) is 21.6 Å². The van der Waals surface area contributed by atoms with E-state index in [1.54, 1.807) is 31.4 Å². The Bertz CT molecular complexity index is 864. The summed E-state index contributed by atoms with van der Waals surface area (Å²) in [5.41, 5.74) is 0.818. The molecule has 0 saturated carbocycles. The highest BCUT2D eigenvalue weighted by molar-refractivity contribution is 7.86. The first-order chi connectivity index (χ1) is 12.5. The van der Waals surface area contributed by atoms with Crippen LogP contribution >= 0.6 is 0 Å². The fourth-order valence-electron chi connectivity index (χ4n) is 2.81. The summed E-state index contributed by atoms with van der Waals surface area (Å²) >= 11 is 0. The Kier molecular flexibility index (Phi) is 6.84. The fourth-order valence-corrected chi connectivity index (χ4v) is 3.63. The predicted molar refractivity (Wildman–Crippen MR) is 97.0 cm³/mol. The SMILES string of the molecule is COc1ccc(CN2C(=O)[C@@H](COS(C)(=O)=O)C[C@H]2COS(C)(=O)=O)cc1. The van der Waals surface area contributed by atoms with Crippen LogP contribution in [0, 0.1) is 5.92 Å². The Morgan fingerprint density at radius 2 is 1.56 bits per heavy atom. The first-order valence-electron chi connectivity index (χ1n) is 8.10. The average Bonchev–Trinajstić information content (AvgIpc) is 2.86. The molecule has 0 spiro atoms. The molecule has 27 heavy (non-hydrogen) atoms. The summed E-state index contributed by atoms with van der Waals surface area (Å²) in [6.07, 6.45) is 2.08. The van der Waals surface area contributed by atoms with E-state index in [1.807, 2.05) is 0 Å². The maximum atomic E-state index is 12.7. The van der Waals surface area contributed by atoms with Gasteiger partial charge >= 0.3 is 0 Å². The third-order valence-electron chi connectivity index (χ3n) is 4.10. The molecule has 11 heteroatoms. The summed E-state index contributed by atoms with van der Waals surface area (Å²) in [6.45, 7) is -0.252. The number of methoxy groups -OCH3 is 1. The number of carbonyl (C=O) groups is 1. The molecule has 1 amide bonds. The van der Waals surface area contributed by atoms with Gasteiger partial charge in [0.25, 0.3) is 20.2 Å². The second kappa shape index (κ2) is 8.55. The molecular formula is C16H23NO8S2. The number of rotatable bonds is 9. The van der Waals surface area contributed by atoms with Crippen molar-refractivity contribution in [3.8, 4) is 5.75 Å². The largest absolute Gasteiger partial charge is 0.497 e. The zero-order valence-corrected chi connectivity index (χ0v) is 17.0. The zero-order chi connectivity index (χ0) is 20.2. The highest BCUT2D eigenvalue weighted by atomic mass is 32.2. The third kappa shape index (κ3) is 6.76. The van der Waals surface area contributed by atoms with Crippen molar-refractivity contribution in [1.29, 1.82) is 0 Å². The minimum absolute atomic E-state index is 0.198. The first kappa shape index (κ1) is 21.6. The molecule has 1 heterocycles. The van der Waals surface area contributed by atoms with Gasteiger partial charge in [0.05, 0.1) is 44.8 Å². The fraction of sp³-hybridized carbons (Fsp3) is 0.562. The van der Waals surface area contributed by atoms with Crippen molar-refractivity contribution >= 4 is 26.1 Å². The molecule has 0 N–H and O–H groups in total. The van der Waals surface area contributed by atoms with Crippen LogP contribution in [-0.4, -0.2) is 66.5 Å². The van der Waals surface area contributed by atoms with Crippen molar-refractivity contribution in [3.63, 3.8) is 0 Å². The molecule has 1 aliphatic rings. The lowest BCUT2D eigenvalue weighted by Gasteiger charge is -2.24. The van der Waals surface area contributed by atoms with Gasteiger partial charge in [-0.1, -0.05) is 12.1 Å². The standard InChI is InChI=1S/C16H23NO8S2/c1-23-15-6-4-12(5-7-15)9-17-14(11-25-27(3,21)22)8-13(16(17)18)10-24-26(2,19)20/h4-7,13-14H,8-11H2,1-3H3/t13-,14+/m1/s1. The van der Waals surface area contributed by atoms with Crippen LogP contribution in [0.25, 0.3) is 0 Å². The number of benzene rings is 1. The molecule has 1 aliphatic heterocycles. The molecule has 2 atom stereocenters. The second-order valence-electron chi connectivity index (χ2n) is 6.38. The first-order valence-corrected chi connectivity index (χ1v) is 11.7. The molecule has 0 unspecified atom stereocenters. The van der Waals surface area contributed by atoms with Gasteiger partial charge in [-0.15, -0.1) is 0 Å². The summed E-state index contributed by atoms with van der Waals surface area (Å²) in [7, 11) is -5.81. The summed E-state index contributed by atoms with van der Waals surface area (Å²) in [5.74, 6) is -0.328. The minimum Gasteiger partial charge on any atom is -0.497 e. The van der Waals surface area contributed by atoms with Crippen molar-refractivity contribution in [3.05, 3.63) is 29.8 Å². The van der Waals surface area contributed by atoms with E-state index in [4.69, 9.17) is 13.1 Å². The van der Waals surface area contributed by atoms with Crippen LogP contribution < -0.4 is 4.74 Å². The van der Waals surface area contributed by atoms with Gasteiger partial charge in [0.2, 0.25) is 5.91 Å².